The molecule has 2 rings (SSSR count). The fourth-order valence-corrected chi connectivity index (χ4v) is 2.06. The van der Waals surface area contributed by atoms with E-state index in [1.165, 1.54) is 0 Å². The highest BCUT2D eigenvalue weighted by atomic mass is 35.5. The summed E-state index contributed by atoms with van der Waals surface area (Å²) in [5.41, 5.74) is 8.09. The lowest BCUT2D eigenvalue weighted by Gasteiger charge is -2.15. The van der Waals surface area contributed by atoms with Gasteiger partial charge in [-0.05, 0) is 18.2 Å². The van der Waals surface area contributed by atoms with Crippen molar-refractivity contribution in [1.82, 2.24) is 9.78 Å². The number of aromatic nitrogens is 2. The van der Waals surface area contributed by atoms with Gasteiger partial charge in [0.2, 0.25) is 0 Å². The molecule has 2 N–H and O–H groups in total. The fourth-order valence-electron chi connectivity index (χ4n) is 1.90. The summed E-state index contributed by atoms with van der Waals surface area (Å²) in [6, 6.07) is 7.29. The predicted molar refractivity (Wildman–Crippen MR) is 71.8 cm³/mol. The van der Waals surface area contributed by atoms with Crippen LogP contribution < -0.4 is 10.5 Å². The molecule has 0 aliphatic heterocycles. The minimum atomic E-state index is -0.160. The van der Waals surface area contributed by atoms with Crippen LogP contribution >= 0.6 is 11.6 Å². The first-order chi connectivity index (χ1) is 8.60. The van der Waals surface area contributed by atoms with Gasteiger partial charge in [-0.3, -0.25) is 4.68 Å². The van der Waals surface area contributed by atoms with Gasteiger partial charge in [-0.2, -0.15) is 5.10 Å². The maximum Gasteiger partial charge on any atom is 0.125 e. The molecule has 1 atom stereocenters. The number of hydrogen-bond acceptors (Lipinski definition) is 3. The molecule has 0 bridgehead atoms. The van der Waals surface area contributed by atoms with Crippen LogP contribution in [-0.4, -0.2) is 16.9 Å². The van der Waals surface area contributed by atoms with Gasteiger partial charge in [0.1, 0.15) is 5.75 Å². The van der Waals surface area contributed by atoms with Crippen LogP contribution in [0, 0.1) is 0 Å². The highest BCUT2D eigenvalue weighted by Gasteiger charge is 2.14. The summed E-state index contributed by atoms with van der Waals surface area (Å²) in [6.45, 7) is 0. The van der Waals surface area contributed by atoms with Crippen LogP contribution in [-0.2, 0) is 13.5 Å². The lowest BCUT2D eigenvalue weighted by Crippen LogP contribution is -2.15. The normalized spacial score (nSPS) is 12.4. The zero-order chi connectivity index (χ0) is 13.1. The Morgan fingerprint density at radius 3 is 2.83 bits per heavy atom. The quantitative estimate of drug-likeness (QED) is 0.923. The first kappa shape index (κ1) is 12.9. The topological polar surface area (TPSA) is 53.1 Å². The number of benzene rings is 1. The first-order valence-corrected chi connectivity index (χ1v) is 6.05. The van der Waals surface area contributed by atoms with Crippen LogP contribution in [0.4, 0.5) is 0 Å². The number of nitrogens with zero attached hydrogens (tertiary/aromatic N) is 2. The smallest absolute Gasteiger partial charge is 0.125 e. The minimum absolute atomic E-state index is 0.160. The number of aryl methyl sites for hydroxylation is 1. The number of hydrogen-bond donors (Lipinski definition) is 1. The molecule has 0 fully saturated rings. The molecule has 0 radical (unpaired) electrons. The highest BCUT2D eigenvalue weighted by Crippen LogP contribution is 2.28. The standard InChI is InChI=1S/C13H16ClN3O/c1-17-6-5-10(16-17)8-12(15)11-4-3-9(14)7-13(11)18-2/h3-7,12H,8,15H2,1-2H3. The van der Waals surface area contributed by atoms with Crippen LogP contribution in [0.1, 0.15) is 17.3 Å². The largest absolute Gasteiger partial charge is 0.496 e. The Kier molecular flexibility index (Phi) is 3.89. The van der Waals surface area contributed by atoms with Gasteiger partial charge < -0.3 is 10.5 Å². The van der Waals surface area contributed by atoms with E-state index in [9.17, 15) is 0 Å². The van der Waals surface area contributed by atoms with Crippen molar-refractivity contribution in [2.75, 3.05) is 7.11 Å². The van der Waals surface area contributed by atoms with E-state index in [0.29, 0.717) is 17.2 Å². The average molecular weight is 266 g/mol. The van der Waals surface area contributed by atoms with Gasteiger partial charge in [0, 0.05) is 36.3 Å². The number of rotatable bonds is 4. The van der Waals surface area contributed by atoms with Crippen molar-refractivity contribution in [1.29, 1.82) is 0 Å². The van der Waals surface area contributed by atoms with Crippen molar-refractivity contribution < 1.29 is 4.74 Å². The molecule has 96 valence electrons. The number of nitrogens with two attached hydrogens (primary N) is 1. The van der Waals surface area contributed by atoms with Gasteiger partial charge in [-0.1, -0.05) is 17.7 Å². The maximum atomic E-state index is 6.19. The number of halogens is 1. The minimum Gasteiger partial charge on any atom is -0.496 e. The van der Waals surface area contributed by atoms with Gasteiger partial charge in [0.25, 0.3) is 0 Å². The van der Waals surface area contributed by atoms with Crippen LogP contribution in [0.5, 0.6) is 5.75 Å². The molecule has 1 aromatic carbocycles. The van der Waals surface area contributed by atoms with Gasteiger partial charge in [-0.15, -0.1) is 0 Å². The van der Waals surface area contributed by atoms with Gasteiger partial charge in [-0.25, -0.2) is 0 Å². The Morgan fingerprint density at radius 1 is 1.44 bits per heavy atom. The number of methoxy groups -OCH3 is 1. The van der Waals surface area contributed by atoms with E-state index in [2.05, 4.69) is 5.10 Å². The second kappa shape index (κ2) is 5.42. The summed E-state index contributed by atoms with van der Waals surface area (Å²) in [6.07, 6.45) is 2.57. The second-order valence-electron chi connectivity index (χ2n) is 4.18. The van der Waals surface area contributed by atoms with Gasteiger partial charge in [0.15, 0.2) is 0 Å². The van der Waals surface area contributed by atoms with Crippen molar-refractivity contribution >= 4 is 11.6 Å². The molecule has 5 heteroatoms. The van der Waals surface area contributed by atoms with Gasteiger partial charge >= 0.3 is 0 Å². The van der Waals surface area contributed by atoms with E-state index in [0.717, 1.165) is 11.3 Å². The molecule has 0 spiro atoms. The third-order valence-corrected chi connectivity index (χ3v) is 3.03. The van der Waals surface area contributed by atoms with Crippen LogP contribution in [0.15, 0.2) is 30.5 Å². The molecule has 0 saturated heterocycles. The summed E-state index contributed by atoms with van der Waals surface area (Å²) >= 11 is 5.93. The van der Waals surface area contributed by atoms with Crippen molar-refractivity contribution in [2.45, 2.75) is 12.5 Å². The molecule has 2 aromatic rings. The third kappa shape index (κ3) is 2.83. The molecular formula is C13H16ClN3O. The molecule has 18 heavy (non-hydrogen) atoms. The first-order valence-electron chi connectivity index (χ1n) is 5.67. The predicted octanol–water partition coefficient (Wildman–Crippen LogP) is 2.32. The Balaban J connectivity index is 2.20. The summed E-state index contributed by atoms with van der Waals surface area (Å²) in [5, 5.41) is 4.96. The van der Waals surface area contributed by atoms with E-state index in [1.807, 2.05) is 31.4 Å². The highest BCUT2D eigenvalue weighted by molar-refractivity contribution is 6.30. The Hall–Kier alpha value is -1.52. The Bertz CT molecular complexity index is 539. The Morgan fingerprint density at radius 2 is 2.22 bits per heavy atom. The van der Waals surface area contributed by atoms with Crippen LogP contribution in [0.25, 0.3) is 0 Å². The maximum absolute atomic E-state index is 6.19. The van der Waals surface area contributed by atoms with E-state index in [-0.39, 0.29) is 6.04 Å². The zero-order valence-corrected chi connectivity index (χ0v) is 11.2. The molecule has 0 aliphatic carbocycles. The van der Waals surface area contributed by atoms with E-state index in [1.54, 1.807) is 17.9 Å². The average Bonchev–Trinajstić information content (AvgIpc) is 2.74. The molecular weight excluding hydrogens is 250 g/mol. The van der Waals surface area contributed by atoms with Crippen molar-refractivity contribution in [3.63, 3.8) is 0 Å². The van der Waals surface area contributed by atoms with E-state index in [4.69, 9.17) is 22.1 Å². The molecule has 4 nitrogen and oxygen atoms in total. The molecule has 1 unspecified atom stereocenters. The molecule has 1 aromatic heterocycles. The third-order valence-electron chi connectivity index (χ3n) is 2.79. The summed E-state index contributed by atoms with van der Waals surface area (Å²) in [5.74, 6) is 0.714. The van der Waals surface area contributed by atoms with Crippen molar-refractivity contribution in [3.05, 3.63) is 46.7 Å². The van der Waals surface area contributed by atoms with Crippen molar-refractivity contribution in [3.8, 4) is 5.75 Å². The van der Waals surface area contributed by atoms with Crippen molar-refractivity contribution in [2.24, 2.45) is 12.8 Å². The van der Waals surface area contributed by atoms with Gasteiger partial charge in [0.05, 0.1) is 12.8 Å². The van der Waals surface area contributed by atoms with E-state index >= 15 is 0 Å². The molecule has 0 aliphatic rings. The molecule has 0 amide bonds. The molecule has 1 heterocycles. The SMILES string of the molecule is COc1cc(Cl)ccc1C(N)Cc1ccn(C)n1. The monoisotopic (exact) mass is 265 g/mol. The zero-order valence-electron chi connectivity index (χ0n) is 10.4. The number of ether oxygens (including phenoxy) is 1. The fraction of sp³-hybridized carbons (Fsp3) is 0.308. The summed E-state index contributed by atoms with van der Waals surface area (Å²) < 4.78 is 7.07. The summed E-state index contributed by atoms with van der Waals surface area (Å²) in [7, 11) is 3.50. The second-order valence-corrected chi connectivity index (χ2v) is 4.61. The summed E-state index contributed by atoms with van der Waals surface area (Å²) in [4.78, 5) is 0. The lowest BCUT2D eigenvalue weighted by atomic mass is 10.0. The van der Waals surface area contributed by atoms with Crippen LogP contribution in [0.3, 0.4) is 0 Å². The molecule has 0 saturated carbocycles. The van der Waals surface area contributed by atoms with Crippen LogP contribution in [0.2, 0.25) is 5.02 Å². The lowest BCUT2D eigenvalue weighted by molar-refractivity contribution is 0.405. The van der Waals surface area contributed by atoms with E-state index < -0.39 is 0 Å². The Labute approximate surface area is 111 Å².